The zero-order chi connectivity index (χ0) is 50.0. The molecule has 2 aliphatic heterocycles. The number of piperidine rings is 1. The summed E-state index contributed by atoms with van der Waals surface area (Å²) in [5.41, 5.74) is 2.58. The molecule has 7 rings (SSSR count). The van der Waals surface area contributed by atoms with Crippen molar-refractivity contribution in [3.63, 3.8) is 0 Å². The summed E-state index contributed by atoms with van der Waals surface area (Å²) in [5.74, 6) is 0.124. The highest BCUT2D eigenvalue weighted by atomic mass is 35.5. The van der Waals surface area contributed by atoms with E-state index in [9.17, 15) is 29.5 Å². The molecule has 69 heavy (non-hydrogen) atoms. The lowest BCUT2D eigenvalue weighted by atomic mass is 9.49. The van der Waals surface area contributed by atoms with Crippen molar-refractivity contribution >= 4 is 52.4 Å². The number of likely N-dealkylation sites (tertiary alicyclic amines) is 1. The molecule has 0 bridgehead atoms. The number of aryl methyl sites for hydroxylation is 1. The number of nitrogens with one attached hydrogen (secondary N) is 3. The third-order valence-corrected chi connectivity index (χ3v) is 15.5. The lowest BCUT2D eigenvalue weighted by Crippen LogP contribution is -2.74. The summed E-state index contributed by atoms with van der Waals surface area (Å²) >= 11 is 7.94. The van der Waals surface area contributed by atoms with Gasteiger partial charge in [0.1, 0.15) is 42.4 Å². The molecule has 4 N–H and O–H groups in total. The highest BCUT2D eigenvalue weighted by Gasteiger charge is 2.64. The fourth-order valence-corrected chi connectivity index (χ4v) is 11.6. The average Bonchev–Trinajstić information content (AvgIpc) is 3.93. The van der Waals surface area contributed by atoms with Gasteiger partial charge in [0.05, 0.1) is 34.9 Å². The number of aliphatic hydroxyl groups excluding tert-OH is 1. The zero-order valence-electron chi connectivity index (χ0n) is 41.1. The van der Waals surface area contributed by atoms with Gasteiger partial charge in [0.2, 0.25) is 17.7 Å². The summed E-state index contributed by atoms with van der Waals surface area (Å²) in [6.45, 7) is 19.4. The van der Waals surface area contributed by atoms with Crippen LogP contribution in [0.25, 0.3) is 10.4 Å². The first-order valence-electron chi connectivity index (χ1n) is 23.8. The van der Waals surface area contributed by atoms with Crippen molar-refractivity contribution in [1.82, 2.24) is 25.8 Å². The summed E-state index contributed by atoms with van der Waals surface area (Å²) < 4.78 is 12.3. The number of pyridine rings is 1. The normalized spacial score (nSPS) is 21.9. The van der Waals surface area contributed by atoms with E-state index in [1.165, 1.54) is 15.3 Å². The van der Waals surface area contributed by atoms with Crippen LogP contribution in [0.15, 0.2) is 72.2 Å². The quantitative estimate of drug-likeness (QED) is 0.0914. The maximum Gasteiger partial charge on any atom is 0.253 e. The van der Waals surface area contributed by atoms with Crippen molar-refractivity contribution in [2.24, 2.45) is 22.2 Å². The Morgan fingerprint density at radius 1 is 1.00 bits per heavy atom. The summed E-state index contributed by atoms with van der Waals surface area (Å²) in [5, 5.41) is 31.5. The van der Waals surface area contributed by atoms with Gasteiger partial charge >= 0.3 is 0 Å². The number of aromatic nitrogens is 1. The highest BCUT2D eigenvalue weighted by molar-refractivity contribution is 7.13. The van der Waals surface area contributed by atoms with Gasteiger partial charge in [-0.05, 0) is 90.4 Å². The predicted octanol–water partition coefficient (Wildman–Crippen LogP) is 7.86. The molecule has 0 spiro atoms. The standard InChI is InChI=1S/C53H66ClN7O7S/c1-31-20-23-69-44(31)35-12-10-34(11-13-35)32(2)57-47(65)41-24-38(62)28-61(41)48(66)45(51(3,4)5)58-43(63)30-67-29-33-18-21-60(22-19-33)42-17-15-37(27-56-42)46(64)59-49-52(6,7)50(53(49,8)9)68-39-16-14-36(26-55)40(54)25-39/h10-17,20,23,25,27,32-33,38,41,45,49-50,62H,18-19,21-22,24,28-30H2,1-9H3,(H,57,65)(H,58,63)(H,59,64)/t32-,38+,41-,45+,49?,50?/m0/s1. The molecule has 4 heterocycles. The minimum Gasteiger partial charge on any atom is -0.489 e. The SMILES string of the molecule is Cc1ccsc1-c1ccc([C@H](C)NC(=O)[C@@H]2C[C@@H](O)CN2C(=O)[C@@H](NC(=O)COCC2CCN(c3ccc(C(=O)NC4C(C)(C)C(Oc5ccc(C#N)c(Cl)c5)C4(C)C)cn3)CC2)C(C)(C)C)cc1. The molecule has 3 aliphatic rings. The molecule has 2 saturated heterocycles. The number of amides is 4. The number of carbonyl (C=O) groups excluding carboxylic acids is 4. The van der Waals surface area contributed by atoms with Crippen LogP contribution in [0.1, 0.15) is 108 Å². The molecule has 16 heteroatoms. The first-order chi connectivity index (χ1) is 32.6. The molecule has 1 saturated carbocycles. The number of benzene rings is 2. The van der Waals surface area contributed by atoms with Crippen molar-refractivity contribution in [2.45, 2.75) is 118 Å². The molecule has 0 radical (unpaired) electrons. The van der Waals surface area contributed by atoms with Crippen LogP contribution in [0.2, 0.25) is 5.02 Å². The van der Waals surface area contributed by atoms with Gasteiger partial charge in [0.15, 0.2) is 0 Å². The van der Waals surface area contributed by atoms with E-state index in [1.54, 1.807) is 41.8 Å². The highest BCUT2D eigenvalue weighted by Crippen LogP contribution is 2.55. The number of halogens is 1. The van der Waals surface area contributed by atoms with Gasteiger partial charge in [0.25, 0.3) is 5.91 Å². The Labute approximate surface area is 415 Å². The number of anilines is 1. The van der Waals surface area contributed by atoms with E-state index in [0.717, 1.165) is 42.9 Å². The first-order valence-corrected chi connectivity index (χ1v) is 25.0. The number of hydrogen-bond acceptors (Lipinski definition) is 11. The van der Waals surface area contributed by atoms with Crippen LogP contribution < -0.4 is 25.6 Å². The number of aliphatic hydroxyl groups is 1. The first kappa shape index (κ1) is 51.3. The summed E-state index contributed by atoms with van der Waals surface area (Å²) in [4.78, 5) is 64.1. The van der Waals surface area contributed by atoms with Gasteiger partial charge in [-0.1, -0.05) is 84.3 Å². The van der Waals surface area contributed by atoms with E-state index in [0.29, 0.717) is 28.5 Å². The monoisotopic (exact) mass is 979 g/mol. The van der Waals surface area contributed by atoms with E-state index >= 15 is 0 Å². The number of hydrogen-bond donors (Lipinski definition) is 4. The molecular weight excluding hydrogens is 914 g/mol. The molecule has 3 fully saturated rings. The van der Waals surface area contributed by atoms with Gasteiger partial charge in [-0.15, -0.1) is 11.3 Å². The maximum atomic E-state index is 14.2. The second-order valence-electron chi connectivity index (χ2n) is 21.2. The Morgan fingerprint density at radius 2 is 1.70 bits per heavy atom. The van der Waals surface area contributed by atoms with Crippen LogP contribution in [0, 0.1) is 40.4 Å². The number of thiophene rings is 1. The molecule has 4 aromatic rings. The fourth-order valence-electron chi connectivity index (χ4n) is 10.5. The molecule has 4 amide bonds. The Bertz CT molecular complexity index is 2530. The third-order valence-electron chi connectivity index (χ3n) is 14.1. The molecule has 0 unspecified atom stereocenters. The van der Waals surface area contributed by atoms with Crippen LogP contribution in [-0.2, 0) is 19.1 Å². The van der Waals surface area contributed by atoms with Gasteiger partial charge < -0.3 is 40.3 Å². The minimum absolute atomic E-state index is 0.0126. The average molecular weight is 981 g/mol. The van der Waals surface area contributed by atoms with Crippen LogP contribution in [0.4, 0.5) is 5.82 Å². The Kier molecular flexibility index (Phi) is 15.5. The number of ether oxygens (including phenoxy) is 2. The topological polar surface area (TPSA) is 186 Å². The summed E-state index contributed by atoms with van der Waals surface area (Å²) in [7, 11) is 0. The van der Waals surface area contributed by atoms with Crippen molar-refractivity contribution < 1.29 is 33.8 Å². The van der Waals surface area contributed by atoms with E-state index in [-0.39, 0.29) is 55.5 Å². The second-order valence-corrected chi connectivity index (χ2v) is 22.5. The number of β-amino-alcohol motifs (C(OH)–C–C–N with tert-alkyl or cyclic N) is 1. The molecular formula is C53H66ClN7O7S. The Balaban J connectivity index is 0.850. The van der Waals surface area contributed by atoms with Crippen molar-refractivity contribution in [3.8, 4) is 22.3 Å². The van der Waals surface area contributed by atoms with Crippen molar-refractivity contribution in [3.05, 3.63) is 99.5 Å². The van der Waals surface area contributed by atoms with Gasteiger partial charge in [-0.2, -0.15) is 5.26 Å². The number of nitrogens with zero attached hydrogens (tertiary/aromatic N) is 4. The smallest absolute Gasteiger partial charge is 0.253 e. The van der Waals surface area contributed by atoms with Gasteiger partial charge in [-0.3, -0.25) is 19.2 Å². The summed E-state index contributed by atoms with van der Waals surface area (Å²) in [6.07, 6.45) is 2.24. The lowest BCUT2D eigenvalue weighted by molar-refractivity contribution is -0.164. The third kappa shape index (κ3) is 11.4. The molecule has 368 valence electrons. The van der Waals surface area contributed by atoms with E-state index < -0.39 is 46.2 Å². The lowest BCUT2D eigenvalue weighted by Gasteiger charge is -2.63. The zero-order valence-corrected chi connectivity index (χ0v) is 42.7. The van der Waals surface area contributed by atoms with Gasteiger partial charge in [-0.25, -0.2) is 4.98 Å². The molecule has 4 atom stereocenters. The largest absolute Gasteiger partial charge is 0.489 e. The second kappa shape index (κ2) is 20.8. The van der Waals surface area contributed by atoms with Gasteiger partial charge in [0, 0.05) is 60.1 Å². The predicted molar refractivity (Wildman–Crippen MR) is 268 cm³/mol. The van der Waals surface area contributed by atoms with E-state index in [4.69, 9.17) is 21.1 Å². The van der Waals surface area contributed by atoms with Crippen LogP contribution in [0.3, 0.4) is 0 Å². The molecule has 2 aromatic carbocycles. The van der Waals surface area contributed by atoms with Crippen LogP contribution >= 0.6 is 22.9 Å². The summed E-state index contributed by atoms with van der Waals surface area (Å²) in [6, 6.07) is 18.5. The Hall–Kier alpha value is -5.53. The molecule has 14 nitrogen and oxygen atoms in total. The van der Waals surface area contributed by atoms with Crippen LogP contribution in [-0.4, -0.2) is 102 Å². The van der Waals surface area contributed by atoms with E-state index in [2.05, 4.69) is 78.0 Å². The molecule has 1 aliphatic carbocycles. The number of nitriles is 1. The number of rotatable bonds is 15. The maximum absolute atomic E-state index is 14.2. The fraction of sp³-hybridized carbons (Fsp3) is 0.509. The molecule has 2 aromatic heterocycles. The number of carbonyl (C=O) groups is 4. The Morgan fingerprint density at radius 3 is 2.29 bits per heavy atom. The van der Waals surface area contributed by atoms with Crippen molar-refractivity contribution in [1.29, 1.82) is 5.26 Å². The minimum atomic E-state index is -0.960. The van der Waals surface area contributed by atoms with Crippen molar-refractivity contribution in [2.75, 3.05) is 37.7 Å². The van der Waals surface area contributed by atoms with Crippen LogP contribution in [0.5, 0.6) is 5.75 Å². The van der Waals surface area contributed by atoms with E-state index in [1.807, 2.05) is 58.0 Å².